The molecule has 2 fully saturated rings. The number of allylic oxidation sites excluding steroid dienone is 2. The first-order valence-corrected chi connectivity index (χ1v) is 9.06. The second kappa shape index (κ2) is 4.95. The van der Waals surface area contributed by atoms with Gasteiger partial charge in [-0.1, -0.05) is 12.2 Å². The minimum atomic E-state index is -0.225. The van der Waals surface area contributed by atoms with E-state index in [2.05, 4.69) is 12.2 Å². The van der Waals surface area contributed by atoms with E-state index in [1.807, 2.05) is 6.07 Å². The number of nitrogens with zero attached hydrogens (tertiary/aromatic N) is 1. The molecule has 1 N–H and O–H groups in total. The fourth-order valence-electron chi connectivity index (χ4n) is 5.25. The molecule has 1 saturated heterocycles. The van der Waals surface area contributed by atoms with Gasteiger partial charge in [0.05, 0.1) is 17.5 Å². The van der Waals surface area contributed by atoms with Gasteiger partial charge in [-0.15, -0.1) is 0 Å². The van der Waals surface area contributed by atoms with Gasteiger partial charge < -0.3 is 5.11 Å². The van der Waals surface area contributed by atoms with Crippen LogP contribution in [0.15, 0.2) is 24.3 Å². The number of rotatable bonds is 1. The van der Waals surface area contributed by atoms with E-state index in [4.69, 9.17) is 0 Å². The first-order chi connectivity index (χ1) is 11.6. The second-order valence-electron chi connectivity index (χ2n) is 7.67. The van der Waals surface area contributed by atoms with Crippen molar-refractivity contribution in [1.29, 1.82) is 0 Å². The predicted molar refractivity (Wildman–Crippen MR) is 89.6 cm³/mol. The van der Waals surface area contributed by atoms with Gasteiger partial charge in [0.15, 0.2) is 0 Å². The van der Waals surface area contributed by atoms with Crippen molar-refractivity contribution >= 4 is 17.5 Å². The highest BCUT2D eigenvalue weighted by molar-refractivity contribution is 6.23. The Morgan fingerprint density at radius 2 is 1.42 bits per heavy atom. The molecular weight excluding hydrogens is 302 g/mol. The number of amides is 2. The summed E-state index contributed by atoms with van der Waals surface area (Å²) in [7, 11) is 0. The average molecular weight is 323 g/mol. The number of carbonyl (C=O) groups is 2. The predicted octanol–water partition coefficient (Wildman–Crippen LogP) is 2.97. The van der Waals surface area contributed by atoms with Gasteiger partial charge >= 0.3 is 0 Å². The van der Waals surface area contributed by atoms with E-state index >= 15 is 0 Å². The number of phenols is 1. The molecule has 1 saturated carbocycles. The van der Waals surface area contributed by atoms with E-state index in [1.54, 1.807) is 6.07 Å². The van der Waals surface area contributed by atoms with Gasteiger partial charge in [0.25, 0.3) is 0 Å². The van der Waals surface area contributed by atoms with Crippen LogP contribution in [0.1, 0.15) is 36.8 Å². The van der Waals surface area contributed by atoms with Crippen LogP contribution in [0.2, 0.25) is 0 Å². The van der Waals surface area contributed by atoms with Crippen LogP contribution in [-0.2, 0) is 22.4 Å². The number of benzene rings is 1. The van der Waals surface area contributed by atoms with Crippen LogP contribution >= 0.6 is 0 Å². The number of aromatic hydroxyl groups is 1. The van der Waals surface area contributed by atoms with Crippen molar-refractivity contribution in [2.75, 3.05) is 4.90 Å². The van der Waals surface area contributed by atoms with E-state index in [0.717, 1.165) is 44.1 Å². The van der Waals surface area contributed by atoms with Crippen LogP contribution in [0, 0.1) is 23.7 Å². The summed E-state index contributed by atoms with van der Waals surface area (Å²) in [4.78, 5) is 27.3. The number of hydrogen-bond acceptors (Lipinski definition) is 3. The highest BCUT2D eigenvalue weighted by atomic mass is 16.3. The van der Waals surface area contributed by atoms with E-state index in [1.165, 1.54) is 10.5 Å². The van der Waals surface area contributed by atoms with Crippen LogP contribution < -0.4 is 4.90 Å². The Bertz CT molecular complexity index is 749. The molecule has 24 heavy (non-hydrogen) atoms. The molecule has 0 spiro atoms. The Balaban J connectivity index is 1.58. The summed E-state index contributed by atoms with van der Waals surface area (Å²) in [5.41, 5.74) is 2.73. The molecule has 0 aromatic heterocycles. The van der Waals surface area contributed by atoms with Gasteiger partial charge in [0.1, 0.15) is 5.75 Å². The molecular formula is C20H21NO3. The molecule has 1 heterocycles. The lowest BCUT2D eigenvalue weighted by molar-refractivity contribution is -0.124. The van der Waals surface area contributed by atoms with Crippen molar-refractivity contribution in [2.24, 2.45) is 23.7 Å². The topological polar surface area (TPSA) is 57.6 Å². The first-order valence-electron chi connectivity index (χ1n) is 9.06. The third-order valence-electron chi connectivity index (χ3n) is 6.44. The van der Waals surface area contributed by atoms with Gasteiger partial charge in [0.2, 0.25) is 11.8 Å². The monoisotopic (exact) mass is 323 g/mol. The molecule has 2 amide bonds. The fourth-order valence-corrected chi connectivity index (χ4v) is 5.25. The number of fused-ring (bicyclic) bond motifs is 2. The smallest absolute Gasteiger partial charge is 0.238 e. The maximum atomic E-state index is 13.0. The van der Waals surface area contributed by atoms with Crippen molar-refractivity contribution in [1.82, 2.24) is 0 Å². The Morgan fingerprint density at radius 3 is 1.96 bits per heavy atom. The Hall–Kier alpha value is -2.10. The Labute approximate surface area is 141 Å². The minimum absolute atomic E-state index is 0.0660. The molecule has 0 radical (unpaired) electrons. The van der Waals surface area contributed by atoms with Crippen molar-refractivity contribution in [3.8, 4) is 5.75 Å². The molecule has 1 aliphatic heterocycles. The first kappa shape index (κ1) is 14.3. The number of aryl methyl sites for hydroxylation is 2. The highest BCUT2D eigenvalue weighted by Crippen LogP contribution is 2.51. The lowest BCUT2D eigenvalue weighted by Crippen LogP contribution is -2.38. The molecule has 4 heteroatoms. The quantitative estimate of drug-likeness (QED) is 0.638. The van der Waals surface area contributed by atoms with E-state index < -0.39 is 0 Å². The summed E-state index contributed by atoms with van der Waals surface area (Å²) in [6.07, 6.45) is 10.4. The van der Waals surface area contributed by atoms with Crippen LogP contribution in [0.3, 0.4) is 0 Å². The van der Waals surface area contributed by atoms with Gasteiger partial charge in [-0.2, -0.15) is 0 Å². The lowest BCUT2D eigenvalue weighted by atomic mass is 9.63. The van der Waals surface area contributed by atoms with E-state index in [0.29, 0.717) is 5.69 Å². The lowest BCUT2D eigenvalue weighted by Gasteiger charge is -2.38. The summed E-state index contributed by atoms with van der Waals surface area (Å²) >= 11 is 0. The van der Waals surface area contributed by atoms with Gasteiger partial charge in [-0.05, 0) is 73.6 Å². The maximum Gasteiger partial charge on any atom is 0.238 e. The molecule has 0 unspecified atom stereocenters. The van der Waals surface area contributed by atoms with Crippen LogP contribution in [0.4, 0.5) is 5.69 Å². The molecule has 5 aliphatic rings. The molecule has 4 atom stereocenters. The molecule has 1 aromatic rings. The van der Waals surface area contributed by atoms with Crippen molar-refractivity contribution < 1.29 is 14.7 Å². The SMILES string of the molecule is O=C1[C@@H]2[C@H](C(=O)N1c1cc3c(cc1O)CCCC3)[C@@H]1C=C[C@H]2CC1. The second-order valence-corrected chi connectivity index (χ2v) is 7.67. The Kier molecular flexibility index (Phi) is 2.94. The van der Waals surface area contributed by atoms with Gasteiger partial charge in [-0.25, -0.2) is 4.90 Å². The minimum Gasteiger partial charge on any atom is -0.506 e. The normalized spacial score (nSPS) is 33.8. The highest BCUT2D eigenvalue weighted by Gasteiger charge is 2.57. The number of phenolic OH excluding ortho intramolecular Hbond substituents is 1. The molecule has 6 rings (SSSR count). The van der Waals surface area contributed by atoms with Crippen LogP contribution in [0.5, 0.6) is 5.75 Å². The van der Waals surface area contributed by atoms with Crippen LogP contribution in [0.25, 0.3) is 0 Å². The largest absolute Gasteiger partial charge is 0.506 e. The standard InChI is InChI=1S/C20H21NO3/c22-16-10-14-4-2-1-3-13(14)9-15(16)21-19(23)17-11-5-6-12(8-7-11)18(17)20(21)24/h5-6,9-12,17-18,22H,1-4,7-8H2/t11-,12+,17-,18+. The van der Waals surface area contributed by atoms with Crippen LogP contribution in [-0.4, -0.2) is 16.9 Å². The summed E-state index contributed by atoms with van der Waals surface area (Å²) in [6.45, 7) is 0. The van der Waals surface area contributed by atoms with E-state index in [9.17, 15) is 14.7 Å². The summed E-state index contributed by atoms with van der Waals surface area (Å²) in [5, 5.41) is 10.5. The summed E-state index contributed by atoms with van der Waals surface area (Å²) in [5.74, 6) is -0.252. The fraction of sp³-hybridized carbons (Fsp3) is 0.500. The van der Waals surface area contributed by atoms with E-state index in [-0.39, 0.29) is 41.2 Å². The van der Waals surface area contributed by atoms with Gasteiger partial charge in [-0.3, -0.25) is 9.59 Å². The maximum absolute atomic E-state index is 13.0. The number of imide groups is 1. The molecule has 4 aliphatic carbocycles. The van der Waals surface area contributed by atoms with Crippen molar-refractivity contribution in [3.05, 3.63) is 35.4 Å². The third-order valence-corrected chi connectivity index (χ3v) is 6.44. The molecule has 2 bridgehead atoms. The number of hydrogen-bond donors (Lipinski definition) is 1. The molecule has 4 nitrogen and oxygen atoms in total. The Morgan fingerprint density at radius 1 is 0.875 bits per heavy atom. The zero-order chi connectivity index (χ0) is 16.4. The zero-order valence-electron chi connectivity index (χ0n) is 13.6. The average Bonchev–Trinajstić information content (AvgIpc) is 2.89. The summed E-state index contributed by atoms with van der Waals surface area (Å²) < 4.78 is 0. The number of carbonyl (C=O) groups excluding carboxylic acids is 2. The number of anilines is 1. The third kappa shape index (κ3) is 1.80. The van der Waals surface area contributed by atoms with Crippen molar-refractivity contribution in [2.45, 2.75) is 38.5 Å². The van der Waals surface area contributed by atoms with Gasteiger partial charge in [0, 0.05) is 0 Å². The molecule has 1 aromatic carbocycles. The zero-order valence-corrected chi connectivity index (χ0v) is 13.6. The molecule has 124 valence electrons. The summed E-state index contributed by atoms with van der Waals surface area (Å²) in [6, 6.07) is 3.64. The van der Waals surface area contributed by atoms with Crippen molar-refractivity contribution in [3.63, 3.8) is 0 Å².